The molecular formula is C29H32BrF2N3O2. The quantitative estimate of drug-likeness (QED) is 0.373. The highest BCUT2D eigenvalue weighted by atomic mass is 79.9. The third-order valence-electron chi connectivity index (χ3n) is 8.06. The molecule has 2 aliphatic rings. The van der Waals surface area contributed by atoms with Crippen LogP contribution in [-0.4, -0.2) is 64.6 Å². The summed E-state index contributed by atoms with van der Waals surface area (Å²) in [7, 11) is 0. The van der Waals surface area contributed by atoms with Crippen LogP contribution in [0.5, 0.6) is 0 Å². The van der Waals surface area contributed by atoms with E-state index in [-0.39, 0.29) is 30.2 Å². The Morgan fingerprint density at radius 2 is 1.84 bits per heavy atom. The summed E-state index contributed by atoms with van der Waals surface area (Å²) in [6, 6.07) is 9.64. The molecule has 0 saturated carbocycles. The summed E-state index contributed by atoms with van der Waals surface area (Å²) in [6.07, 6.45) is 8.93. The first-order valence-corrected chi connectivity index (χ1v) is 13.8. The van der Waals surface area contributed by atoms with Crippen molar-refractivity contribution in [3.63, 3.8) is 0 Å². The number of benzene rings is 2. The zero-order chi connectivity index (χ0) is 25.9. The number of aromatic amines is 1. The third-order valence-corrected chi connectivity index (χ3v) is 8.67. The average Bonchev–Trinajstić information content (AvgIpc) is 3.33. The number of nitrogens with one attached hydrogen (secondary N) is 1. The summed E-state index contributed by atoms with van der Waals surface area (Å²) in [6.45, 7) is 3.23. The van der Waals surface area contributed by atoms with Gasteiger partial charge in [0.1, 0.15) is 11.6 Å². The fourth-order valence-corrected chi connectivity index (χ4v) is 6.35. The second-order valence-corrected chi connectivity index (χ2v) is 11.0. The van der Waals surface area contributed by atoms with Crippen LogP contribution in [0.3, 0.4) is 0 Å². The first-order chi connectivity index (χ1) is 17.9. The maximum absolute atomic E-state index is 13.8. The minimum atomic E-state index is -0.332. The maximum Gasteiger partial charge on any atom is 0.246 e. The normalized spacial score (nSPS) is 19.2. The summed E-state index contributed by atoms with van der Waals surface area (Å²) in [5.74, 6) is 0.121. The average molecular weight is 572 g/mol. The van der Waals surface area contributed by atoms with Gasteiger partial charge in [0.15, 0.2) is 0 Å². The number of amides is 1. The highest BCUT2D eigenvalue weighted by Crippen LogP contribution is 2.35. The second-order valence-electron chi connectivity index (χ2n) is 10.2. The van der Waals surface area contributed by atoms with Crippen molar-refractivity contribution in [1.29, 1.82) is 0 Å². The number of nitrogens with zero attached hydrogens (tertiary/aromatic N) is 2. The van der Waals surface area contributed by atoms with Crippen molar-refractivity contribution in [3.05, 3.63) is 75.9 Å². The van der Waals surface area contributed by atoms with E-state index in [9.17, 15) is 18.7 Å². The van der Waals surface area contributed by atoms with Crippen LogP contribution >= 0.6 is 15.9 Å². The van der Waals surface area contributed by atoms with Crippen molar-refractivity contribution in [2.75, 3.05) is 32.8 Å². The van der Waals surface area contributed by atoms with E-state index in [0.717, 1.165) is 55.2 Å². The molecule has 3 heterocycles. The number of piperidine rings is 2. The molecule has 0 radical (unpaired) electrons. The molecule has 0 bridgehead atoms. The number of hydrogen-bond acceptors (Lipinski definition) is 3. The number of hydrogen-bond donors (Lipinski definition) is 2. The van der Waals surface area contributed by atoms with Gasteiger partial charge < -0.3 is 15.0 Å². The first-order valence-electron chi connectivity index (χ1n) is 13.0. The lowest BCUT2D eigenvalue weighted by atomic mass is 9.84. The number of likely N-dealkylation sites (tertiary alicyclic amines) is 2. The summed E-state index contributed by atoms with van der Waals surface area (Å²) in [5, 5.41) is 11.2. The van der Waals surface area contributed by atoms with Crippen LogP contribution in [0.25, 0.3) is 17.0 Å². The van der Waals surface area contributed by atoms with Gasteiger partial charge in [-0.1, -0.05) is 6.07 Å². The molecule has 196 valence electrons. The number of carbonyl (C=O) groups is 1. The zero-order valence-corrected chi connectivity index (χ0v) is 22.3. The molecule has 2 aromatic carbocycles. The van der Waals surface area contributed by atoms with E-state index in [1.807, 2.05) is 11.1 Å². The van der Waals surface area contributed by atoms with Crippen molar-refractivity contribution in [1.82, 2.24) is 14.8 Å². The Balaban J connectivity index is 1.14. The predicted molar refractivity (Wildman–Crippen MR) is 145 cm³/mol. The van der Waals surface area contributed by atoms with E-state index < -0.39 is 0 Å². The van der Waals surface area contributed by atoms with Crippen LogP contribution in [0.2, 0.25) is 0 Å². The third kappa shape index (κ3) is 5.81. The number of carbonyl (C=O) groups excluding carboxylic acids is 1. The fourth-order valence-electron chi connectivity index (χ4n) is 5.95. The standard InChI is InChI=1S/C29H32BrF2N3O2/c30-25-15-19(1-4-26(25)32)2-6-29(37)35-13-9-21(10-14-35)28(18-36)34-11-7-20(8-12-34)24-17-33-27-5-3-22(31)16-23(24)27/h1-6,15-17,20-21,28,33,36H,7-14,18H2/b6-2+. The molecule has 1 atom stereocenters. The van der Waals surface area contributed by atoms with E-state index in [1.165, 1.54) is 17.7 Å². The molecule has 1 amide bonds. The minimum absolute atomic E-state index is 0.0459. The Bertz CT molecular complexity index is 1280. The van der Waals surface area contributed by atoms with Crippen molar-refractivity contribution in [2.45, 2.75) is 37.6 Å². The molecule has 37 heavy (non-hydrogen) atoms. The molecule has 0 aliphatic carbocycles. The molecular weight excluding hydrogens is 540 g/mol. The Kier molecular flexibility index (Phi) is 8.07. The van der Waals surface area contributed by atoms with E-state index >= 15 is 0 Å². The van der Waals surface area contributed by atoms with Gasteiger partial charge >= 0.3 is 0 Å². The Labute approximate surface area is 224 Å². The topological polar surface area (TPSA) is 59.6 Å². The van der Waals surface area contributed by atoms with Crippen molar-refractivity contribution in [3.8, 4) is 0 Å². The van der Waals surface area contributed by atoms with Crippen molar-refractivity contribution >= 4 is 38.8 Å². The predicted octanol–water partition coefficient (Wildman–Crippen LogP) is 5.70. The molecule has 3 aromatic rings. The number of aliphatic hydroxyl groups excluding tert-OH is 1. The lowest BCUT2D eigenvalue weighted by Gasteiger charge is -2.43. The summed E-state index contributed by atoms with van der Waals surface area (Å²) in [5.41, 5.74) is 2.91. The van der Waals surface area contributed by atoms with Crippen molar-refractivity contribution < 1.29 is 18.7 Å². The Morgan fingerprint density at radius 3 is 2.54 bits per heavy atom. The number of aliphatic hydroxyl groups is 1. The van der Waals surface area contributed by atoms with Crippen molar-refractivity contribution in [2.24, 2.45) is 5.92 Å². The summed E-state index contributed by atoms with van der Waals surface area (Å²) >= 11 is 3.17. The fraction of sp³-hybridized carbons (Fsp3) is 0.414. The molecule has 5 rings (SSSR count). The molecule has 8 heteroatoms. The largest absolute Gasteiger partial charge is 0.395 e. The number of halogens is 3. The van der Waals surface area contributed by atoms with Crippen LogP contribution in [0.4, 0.5) is 8.78 Å². The molecule has 1 unspecified atom stereocenters. The Hall–Kier alpha value is -2.55. The summed E-state index contributed by atoms with van der Waals surface area (Å²) in [4.78, 5) is 20.2. The van der Waals surface area contributed by atoms with Crippen LogP contribution in [-0.2, 0) is 4.79 Å². The van der Waals surface area contributed by atoms with Gasteiger partial charge in [0, 0.05) is 42.3 Å². The van der Waals surface area contributed by atoms with Crippen LogP contribution < -0.4 is 0 Å². The SMILES string of the molecule is O=C(/C=C/c1ccc(F)c(Br)c1)N1CCC(C(CO)N2CCC(c3c[nH]c4ccc(F)cc34)CC2)CC1. The van der Waals surface area contributed by atoms with Gasteiger partial charge in [-0.2, -0.15) is 0 Å². The maximum atomic E-state index is 13.8. The van der Waals surface area contributed by atoms with Crippen LogP contribution in [0.1, 0.15) is 42.7 Å². The highest BCUT2D eigenvalue weighted by Gasteiger charge is 2.34. The van der Waals surface area contributed by atoms with Crippen LogP contribution in [0.15, 0.2) is 53.1 Å². The van der Waals surface area contributed by atoms with E-state index in [0.29, 0.717) is 29.4 Å². The molecule has 2 N–H and O–H groups in total. The monoisotopic (exact) mass is 571 g/mol. The van der Waals surface area contributed by atoms with E-state index in [2.05, 4.69) is 25.8 Å². The first kappa shape index (κ1) is 26.1. The lowest BCUT2D eigenvalue weighted by Crippen LogP contribution is -2.50. The van der Waals surface area contributed by atoms with Crippen LogP contribution in [0, 0.1) is 17.6 Å². The zero-order valence-electron chi connectivity index (χ0n) is 20.7. The smallest absolute Gasteiger partial charge is 0.246 e. The number of aromatic nitrogens is 1. The van der Waals surface area contributed by atoms with Gasteiger partial charge in [-0.15, -0.1) is 0 Å². The van der Waals surface area contributed by atoms with Gasteiger partial charge in [0.05, 0.1) is 11.1 Å². The van der Waals surface area contributed by atoms with Gasteiger partial charge in [-0.05, 0) is 114 Å². The molecule has 2 aliphatic heterocycles. The highest BCUT2D eigenvalue weighted by molar-refractivity contribution is 9.10. The van der Waals surface area contributed by atoms with Gasteiger partial charge in [-0.3, -0.25) is 9.69 Å². The minimum Gasteiger partial charge on any atom is -0.395 e. The number of rotatable bonds is 6. The molecule has 5 nitrogen and oxygen atoms in total. The molecule has 2 fully saturated rings. The molecule has 2 saturated heterocycles. The second kappa shape index (κ2) is 11.5. The molecule has 0 spiro atoms. The number of H-pyrrole nitrogens is 1. The summed E-state index contributed by atoms with van der Waals surface area (Å²) < 4.78 is 27.6. The van der Waals surface area contributed by atoms with Gasteiger partial charge in [-0.25, -0.2) is 8.78 Å². The molecule has 1 aromatic heterocycles. The number of fused-ring (bicyclic) bond motifs is 1. The van der Waals surface area contributed by atoms with E-state index in [1.54, 1.807) is 36.4 Å². The van der Waals surface area contributed by atoms with Gasteiger partial charge in [0.2, 0.25) is 5.91 Å². The Morgan fingerprint density at radius 1 is 1.08 bits per heavy atom. The lowest BCUT2D eigenvalue weighted by molar-refractivity contribution is -0.127. The van der Waals surface area contributed by atoms with E-state index in [4.69, 9.17) is 0 Å². The van der Waals surface area contributed by atoms with Gasteiger partial charge in [0.25, 0.3) is 0 Å².